The molecule has 0 spiro atoms. The van der Waals surface area contributed by atoms with Gasteiger partial charge in [-0.2, -0.15) is 0 Å². The lowest BCUT2D eigenvalue weighted by Crippen LogP contribution is -2.43. The minimum absolute atomic E-state index is 0.639. The zero-order chi connectivity index (χ0) is 12.5. The predicted molar refractivity (Wildman–Crippen MR) is 68.5 cm³/mol. The highest BCUT2D eigenvalue weighted by Crippen LogP contribution is 2.34. The standard InChI is InChI=1S/C14H21NO2/c1-10-11(2)13(17-3)6-5-12(10)14(16)7-4-8-15-9-14/h5-6,15-16H,4,7-9H2,1-3H3. The first kappa shape index (κ1) is 12.4. The molecule has 0 amide bonds. The minimum atomic E-state index is -0.723. The van der Waals surface area contributed by atoms with E-state index in [1.807, 2.05) is 19.1 Å². The summed E-state index contributed by atoms with van der Waals surface area (Å²) in [6, 6.07) is 3.94. The van der Waals surface area contributed by atoms with Crippen molar-refractivity contribution in [2.24, 2.45) is 0 Å². The van der Waals surface area contributed by atoms with Gasteiger partial charge in [0.25, 0.3) is 0 Å². The molecular weight excluding hydrogens is 214 g/mol. The number of hydrogen-bond donors (Lipinski definition) is 2. The highest BCUT2D eigenvalue weighted by molar-refractivity contribution is 5.46. The normalized spacial score (nSPS) is 24.7. The first-order chi connectivity index (χ1) is 8.08. The van der Waals surface area contributed by atoms with Gasteiger partial charge in [-0.25, -0.2) is 0 Å². The smallest absolute Gasteiger partial charge is 0.122 e. The van der Waals surface area contributed by atoms with Gasteiger partial charge < -0.3 is 15.2 Å². The summed E-state index contributed by atoms with van der Waals surface area (Å²) in [5.41, 5.74) is 2.56. The minimum Gasteiger partial charge on any atom is -0.496 e. The summed E-state index contributed by atoms with van der Waals surface area (Å²) in [5.74, 6) is 0.888. The zero-order valence-corrected chi connectivity index (χ0v) is 10.8. The van der Waals surface area contributed by atoms with E-state index in [9.17, 15) is 5.11 Å². The quantitative estimate of drug-likeness (QED) is 0.822. The zero-order valence-electron chi connectivity index (χ0n) is 10.8. The molecule has 1 aliphatic rings. The Bertz CT molecular complexity index is 409. The van der Waals surface area contributed by atoms with Crippen molar-refractivity contribution >= 4 is 0 Å². The highest BCUT2D eigenvalue weighted by atomic mass is 16.5. The van der Waals surface area contributed by atoms with Crippen LogP contribution in [0.15, 0.2) is 12.1 Å². The van der Waals surface area contributed by atoms with Crippen LogP contribution >= 0.6 is 0 Å². The average molecular weight is 235 g/mol. The van der Waals surface area contributed by atoms with Gasteiger partial charge in [0.1, 0.15) is 11.4 Å². The molecule has 1 aromatic carbocycles. The number of benzene rings is 1. The number of nitrogens with one attached hydrogen (secondary N) is 1. The Labute approximate surface area is 103 Å². The van der Waals surface area contributed by atoms with Crippen LogP contribution in [-0.4, -0.2) is 25.3 Å². The van der Waals surface area contributed by atoms with Crippen LogP contribution in [0.1, 0.15) is 29.5 Å². The molecule has 1 unspecified atom stereocenters. The van der Waals surface area contributed by atoms with Gasteiger partial charge in [0.05, 0.1) is 7.11 Å². The van der Waals surface area contributed by atoms with Crippen molar-refractivity contribution in [3.63, 3.8) is 0 Å². The lowest BCUT2D eigenvalue weighted by atomic mass is 9.83. The van der Waals surface area contributed by atoms with Gasteiger partial charge in [0.15, 0.2) is 0 Å². The summed E-state index contributed by atoms with van der Waals surface area (Å²) in [7, 11) is 1.68. The molecule has 2 rings (SSSR count). The van der Waals surface area contributed by atoms with Crippen molar-refractivity contribution < 1.29 is 9.84 Å². The maximum atomic E-state index is 10.7. The lowest BCUT2D eigenvalue weighted by molar-refractivity contribution is 0.0116. The third kappa shape index (κ3) is 2.17. The first-order valence-electron chi connectivity index (χ1n) is 6.16. The topological polar surface area (TPSA) is 41.5 Å². The van der Waals surface area contributed by atoms with Crippen LogP contribution in [0.4, 0.5) is 0 Å². The molecule has 17 heavy (non-hydrogen) atoms. The summed E-state index contributed by atoms with van der Waals surface area (Å²) >= 11 is 0. The molecule has 1 saturated heterocycles. The van der Waals surface area contributed by atoms with Crippen molar-refractivity contribution in [2.45, 2.75) is 32.3 Å². The Morgan fingerprint density at radius 2 is 2.06 bits per heavy atom. The van der Waals surface area contributed by atoms with Gasteiger partial charge >= 0.3 is 0 Å². The molecule has 94 valence electrons. The van der Waals surface area contributed by atoms with E-state index in [0.717, 1.165) is 41.8 Å². The fourth-order valence-electron chi connectivity index (χ4n) is 2.64. The van der Waals surface area contributed by atoms with Crippen molar-refractivity contribution in [1.82, 2.24) is 5.32 Å². The summed E-state index contributed by atoms with van der Waals surface area (Å²) in [5, 5.41) is 14.0. The molecule has 2 N–H and O–H groups in total. The van der Waals surface area contributed by atoms with Crippen LogP contribution in [0.3, 0.4) is 0 Å². The van der Waals surface area contributed by atoms with E-state index in [4.69, 9.17) is 4.74 Å². The Hall–Kier alpha value is -1.06. The SMILES string of the molecule is COc1ccc(C2(O)CCCNC2)c(C)c1C. The summed E-state index contributed by atoms with van der Waals surface area (Å²) in [6.45, 7) is 5.73. The Kier molecular flexibility index (Phi) is 3.40. The van der Waals surface area contributed by atoms with Crippen LogP contribution in [-0.2, 0) is 5.60 Å². The summed E-state index contributed by atoms with van der Waals surface area (Å²) < 4.78 is 5.30. The summed E-state index contributed by atoms with van der Waals surface area (Å²) in [4.78, 5) is 0. The van der Waals surface area contributed by atoms with E-state index in [-0.39, 0.29) is 0 Å². The van der Waals surface area contributed by atoms with Gasteiger partial charge in [-0.3, -0.25) is 0 Å². The monoisotopic (exact) mass is 235 g/mol. The molecule has 0 bridgehead atoms. The number of hydrogen-bond acceptors (Lipinski definition) is 3. The fourth-order valence-corrected chi connectivity index (χ4v) is 2.64. The molecule has 1 aromatic rings. The number of rotatable bonds is 2. The molecule has 3 heteroatoms. The second-order valence-corrected chi connectivity index (χ2v) is 4.88. The fraction of sp³-hybridized carbons (Fsp3) is 0.571. The molecule has 0 aliphatic carbocycles. The van der Waals surface area contributed by atoms with Gasteiger partial charge in [0.2, 0.25) is 0 Å². The van der Waals surface area contributed by atoms with Crippen molar-refractivity contribution in [1.29, 1.82) is 0 Å². The Morgan fingerprint density at radius 1 is 1.29 bits per heavy atom. The number of ether oxygens (including phenoxy) is 1. The van der Waals surface area contributed by atoms with E-state index in [2.05, 4.69) is 12.2 Å². The molecular formula is C14H21NO2. The van der Waals surface area contributed by atoms with Gasteiger partial charge in [-0.05, 0) is 56.0 Å². The van der Waals surface area contributed by atoms with Crippen LogP contribution < -0.4 is 10.1 Å². The van der Waals surface area contributed by atoms with Crippen molar-refractivity contribution in [3.05, 3.63) is 28.8 Å². The van der Waals surface area contributed by atoms with Gasteiger partial charge in [-0.1, -0.05) is 6.07 Å². The van der Waals surface area contributed by atoms with Gasteiger partial charge in [-0.15, -0.1) is 0 Å². The molecule has 1 fully saturated rings. The highest BCUT2D eigenvalue weighted by Gasteiger charge is 2.33. The number of piperidine rings is 1. The average Bonchev–Trinajstić information content (AvgIpc) is 2.33. The second-order valence-electron chi connectivity index (χ2n) is 4.88. The summed E-state index contributed by atoms with van der Waals surface area (Å²) in [6.07, 6.45) is 1.84. The maximum Gasteiger partial charge on any atom is 0.122 e. The molecule has 1 heterocycles. The van der Waals surface area contributed by atoms with Crippen LogP contribution in [0.25, 0.3) is 0 Å². The van der Waals surface area contributed by atoms with Crippen LogP contribution in [0.5, 0.6) is 5.75 Å². The molecule has 0 saturated carbocycles. The van der Waals surface area contributed by atoms with Gasteiger partial charge in [0, 0.05) is 6.54 Å². The largest absolute Gasteiger partial charge is 0.496 e. The van der Waals surface area contributed by atoms with Crippen LogP contribution in [0, 0.1) is 13.8 Å². The van der Waals surface area contributed by atoms with Crippen LogP contribution in [0.2, 0.25) is 0 Å². The van der Waals surface area contributed by atoms with E-state index in [1.54, 1.807) is 7.11 Å². The molecule has 1 aliphatic heterocycles. The number of methoxy groups -OCH3 is 1. The van der Waals surface area contributed by atoms with E-state index >= 15 is 0 Å². The Morgan fingerprint density at radius 3 is 2.65 bits per heavy atom. The molecule has 0 aromatic heterocycles. The van der Waals surface area contributed by atoms with E-state index in [1.165, 1.54) is 0 Å². The molecule has 1 atom stereocenters. The first-order valence-corrected chi connectivity index (χ1v) is 6.16. The maximum absolute atomic E-state index is 10.7. The second kappa shape index (κ2) is 4.67. The number of β-amino-alcohol motifs (C(OH)–C–C–N with tert-alkyl or cyclic N) is 1. The third-order valence-electron chi connectivity index (χ3n) is 3.82. The van der Waals surface area contributed by atoms with E-state index in [0.29, 0.717) is 6.54 Å². The molecule has 0 radical (unpaired) electrons. The number of aliphatic hydroxyl groups is 1. The predicted octanol–water partition coefficient (Wildman–Crippen LogP) is 1.88. The van der Waals surface area contributed by atoms with Crippen molar-refractivity contribution in [2.75, 3.05) is 20.2 Å². The van der Waals surface area contributed by atoms with Crippen molar-refractivity contribution in [3.8, 4) is 5.75 Å². The van der Waals surface area contributed by atoms with E-state index < -0.39 is 5.60 Å². The third-order valence-corrected chi connectivity index (χ3v) is 3.82. The lowest BCUT2D eigenvalue weighted by Gasteiger charge is -2.34. The Balaban J connectivity index is 2.42. The molecule has 3 nitrogen and oxygen atoms in total.